The number of hydrogen-bond acceptors (Lipinski definition) is 7. The Labute approximate surface area is 236 Å². The first-order chi connectivity index (χ1) is 19.4. The van der Waals surface area contributed by atoms with Crippen LogP contribution in [0.3, 0.4) is 0 Å². The van der Waals surface area contributed by atoms with E-state index in [2.05, 4.69) is 16.7 Å². The minimum Gasteiger partial charge on any atom is -0.493 e. The molecular weight excluding hydrogens is 510 g/mol. The lowest BCUT2D eigenvalue weighted by molar-refractivity contribution is -0.136. The van der Waals surface area contributed by atoms with Crippen molar-refractivity contribution >= 4 is 23.4 Å². The molecule has 9 heteroatoms. The summed E-state index contributed by atoms with van der Waals surface area (Å²) < 4.78 is 16.3. The summed E-state index contributed by atoms with van der Waals surface area (Å²) in [6.45, 7) is 5.11. The van der Waals surface area contributed by atoms with Crippen LogP contribution in [0.25, 0.3) is 0 Å². The number of carbonyl (C=O) groups is 3. The fourth-order valence-electron chi connectivity index (χ4n) is 5.96. The summed E-state index contributed by atoms with van der Waals surface area (Å²) in [7, 11) is 4.58. The van der Waals surface area contributed by atoms with Crippen LogP contribution in [0.5, 0.6) is 17.2 Å². The second kappa shape index (κ2) is 11.8. The van der Waals surface area contributed by atoms with Gasteiger partial charge in [-0.2, -0.15) is 0 Å². The van der Waals surface area contributed by atoms with Crippen molar-refractivity contribution in [1.29, 1.82) is 0 Å². The summed E-state index contributed by atoms with van der Waals surface area (Å²) >= 11 is 0. The van der Waals surface area contributed by atoms with Crippen LogP contribution in [0, 0.1) is 11.8 Å². The lowest BCUT2D eigenvalue weighted by atomic mass is 9.94. The second-order valence-electron chi connectivity index (χ2n) is 10.9. The number of hydrogen-bond donors (Lipinski definition) is 0. The molecule has 9 nitrogen and oxygen atoms in total. The highest BCUT2D eigenvalue weighted by Crippen LogP contribution is 2.40. The lowest BCUT2D eigenvalue weighted by Crippen LogP contribution is -2.46. The number of nitrogens with zero attached hydrogens (tertiary/aromatic N) is 3. The normalized spacial score (nSPS) is 18.6. The van der Waals surface area contributed by atoms with E-state index in [0.29, 0.717) is 46.4 Å². The number of imide groups is 1. The summed E-state index contributed by atoms with van der Waals surface area (Å²) in [6, 6.07) is 8.92. The van der Waals surface area contributed by atoms with Gasteiger partial charge in [-0.3, -0.25) is 19.3 Å². The van der Waals surface area contributed by atoms with Gasteiger partial charge in [0.2, 0.25) is 11.7 Å². The smallest absolute Gasteiger partial charge is 0.263 e. The summed E-state index contributed by atoms with van der Waals surface area (Å²) in [4.78, 5) is 46.2. The van der Waals surface area contributed by atoms with E-state index in [-0.39, 0.29) is 30.2 Å². The summed E-state index contributed by atoms with van der Waals surface area (Å²) in [6.07, 6.45) is 5.07. The molecule has 1 aliphatic carbocycles. The SMILES string of the molecule is CCCN(CC1CC1)C(=O)C1CCCN(c2cccc3c2C(=O)N(Cc2cc(OC)c(OC)c(OC)c2)C3=O)C1. The zero-order valence-electron chi connectivity index (χ0n) is 23.9. The number of anilines is 1. The Morgan fingerprint density at radius 3 is 2.35 bits per heavy atom. The molecule has 214 valence electrons. The maximum atomic E-state index is 13.8. The standard InChI is InChI=1S/C31H39N3O6/c1-5-13-33(17-20-11-12-20)29(35)22-8-7-14-32(19-22)24-10-6-9-23-27(24)31(37)34(30(23)36)18-21-15-25(38-2)28(40-4)26(16-21)39-3/h6,9-10,15-16,20,22H,5,7-8,11-14,17-19H2,1-4H3. The Balaban J connectivity index is 1.37. The molecule has 40 heavy (non-hydrogen) atoms. The van der Waals surface area contributed by atoms with Crippen LogP contribution in [-0.4, -0.2) is 75.0 Å². The van der Waals surface area contributed by atoms with Crippen LogP contribution in [0.15, 0.2) is 30.3 Å². The van der Waals surface area contributed by atoms with Crippen molar-refractivity contribution in [3.05, 3.63) is 47.0 Å². The Hall–Kier alpha value is -3.75. The van der Waals surface area contributed by atoms with Crippen LogP contribution < -0.4 is 19.1 Å². The number of fused-ring (bicyclic) bond motifs is 1. The first kappa shape index (κ1) is 27.8. The fraction of sp³-hybridized carbons (Fsp3) is 0.516. The minimum atomic E-state index is -0.334. The maximum Gasteiger partial charge on any atom is 0.263 e. The molecule has 1 saturated heterocycles. The van der Waals surface area contributed by atoms with E-state index in [0.717, 1.165) is 44.6 Å². The number of piperidine rings is 1. The zero-order valence-corrected chi connectivity index (χ0v) is 23.9. The molecular formula is C31H39N3O6. The van der Waals surface area contributed by atoms with E-state index in [1.807, 2.05) is 12.1 Å². The topological polar surface area (TPSA) is 88.6 Å². The Morgan fingerprint density at radius 1 is 1.00 bits per heavy atom. The number of carbonyl (C=O) groups excluding carboxylic acids is 3. The molecule has 0 bridgehead atoms. The Bertz CT molecular complexity index is 1260. The zero-order chi connectivity index (χ0) is 28.4. The second-order valence-corrected chi connectivity index (χ2v) is 10.9. The third-order valence-electron chi connectivity index (χ3n) is 8.13. The molecule has 0 spiro atoms. The van der Waals surface area contributed by atoms with Crippen molar-refractivity contribution < 1.29 is 28.6 Å². The highest BCUT2D eigenvalue weighted by atomic mass is 16.5. The van der Waals surface area contributed by atoms with Gasteiger partial charge in [-0.15, -0.1) is 0 Å². The van der Waals surface area contributed by atoms with Gasteiger partial charge in [0.25, 0.3) is 11.8 Å². The average Bonchev–Trinajstić information content (AvgIpc) is 3.78. The van der Waals surface area contributed by atoms with Gasteiger partial charge in [0, 0.05) is 26.2 Å². The number of rotatable bonds is 11. The molecule has 1 atom stereocenters. The molecule has 0 radical (unpaired) electrons. The first-order valence-electron chi connectivity index (χ1n) is 14.2. The Kier molecular flexibility index (Phi) is 8.19. The molecule has 3 aliphatic rings. The van der Waals surface area contributed by atoms with E-state index in [1.54, 1.807) is 18.2 Å². The van der Waals surface area contributed by atoms with Crippen LogP contribution in [0.1, 0.15) is 65.3 Å². The van der Waals surface area contributed by atoms with Gasteiger partial charge in [0.15, 0.2) is 11.5 Å². The third kappa shape index (κ3) is 5.33. The maximum absolute atomic E-state index is 13.8. The van der Waals surface area contributed by atoms with Gasteiger partial charge in [0.05, 0.1) is 50.6 Å². The minimum absolute atomic E-state index is 0.0662. The predicted octanol–water partition coefficient (Wildman–Crippen LogP) is 4.37. The van der Waals surface area contributed by atoms with Crippen molar-refractivity contribution in [3.8, 4) is 17.2 Å². The highest BCUT2D eigenvalue weighted by molar-refractivity contribution is 6.23. The van der Waals surface area contributed by atoms with Crippen LogP contribution >= 0.6 is 0 Å². The van der Waals surface area contributed by atoms with E-state index in [1.165, 1.54) is 39.1 Å². The largest absolute Gasteiger partial charge is 0.493 e. The van der Waals surface area contributed by atoms with Gasteiger partial charge in [-0.25, -0.2) is 0 Å². The third-order valence-corrected chi connectivity index (χ3v) is 8.13. The quantitative estimate of drug-likeness (QED) is 0.385. The van der Waals surface area contributed by atoms with Crippen molar-refractivity contribution in [3.63, 3.8) is 0 Å². The fourth-order valence-corrected chi connectivity index (χ4v) is 5.96. The van der Waals surface area contributed by atoms with Crippen LogP contribution in [-0.2, 0) is 11.3 Å². The number of methoxy groups -OCH3 is 3. The average molecular weight is 550 g/mol. The predicted molar refractivity (Wildman–Crippen MR) is 151 cm³/mol. The number of ether oxygens (including phenoxy) is 3. The molecule has 0 N–H and O–H groups in total. The van der Waals surface area contributed by atoms with E-state index >= 15 is 0 Å². The molecule has 1 unspecified atom stereocenters. The molecule has 3 amide bonds. The van der Waals surface area contributed by atoms with Crippen molar-refractivity contribution in [2.24, 2.45) is 11.8 Å². The molecule has 5 rings (SSSR count). The van der Waals surface area contributed by atoms with Crippen LogP contribution in [0.2, 0.25) is 0 Å². The van der Waals surface area contributed by atoms with Crippen molar-refractivity contribution in [2.45, 2.75) is 45.6 Å². The van der Waals surface area contributed by atoms with Gasteiger partial charge in [-0.05, 0) is 67.9 Å². The van der Waals surface area contributed by atoms with Crippen molar-refractivity contribution in [2.75, 3.05) is 52.4 Å². The first-order valence-corrected chi connectivity index (χ1v) is 14.2. The molecule has 2 aliphatic heterocycles. The molecule has 2 aromatic carbocycles. The lowest BCUT2D eigenvalue weighted by Gasteiger charge is -2.37. The van der Waals surface area contributed by atoms with E-state index in [9.17, 15) is 14.4 Å². The van der Waals surface area contributed by atoms with E-state index in [4.69, 9.17) is 14.2 Å². The van der Waals surface area contributed by atoms with Crippen LogP contribution in [0.4, 0.5) is 5.69 Å². The van der Waals surface area contributed by atoms with Crippen molar-refractivity contribution in [1.82, 2.24) is 9.80 Å². The molecule has 1 saturated carbocycles. The van der Waals surface area contributed by atoms with Gasteiger partial charge in [0.1, 0.15) is 0 Å². The van der Waals surface area contributed by atoms with E-state index < -0.39 is 0 Å². The number of amides is 3. The number of benzene rings is 2. The summed E-state index contributed by atoms with van der Waals surface area (Å²) in [5, 5.41) is 0. The molecule has 2 aromatic rings. The Morgan fingerprint density at radius 2 is 1.73 bits per heavy atom. The molecule has 0 aromatic heterocycles. The molecule has 2 fully saturated rings. The van der Waals surface area contributed by atoms with Gasteiger partial charge >= 0.3 is 0 Å². The summed E-state index contributed by atoms with van der Waals surface area (Å²) in [5.74, 6) is 1.44. The summed E-state index contributed by atoms with van der Waals surface area (Å²) in [5.41, 5.74) is 2.21. The van der Waals surface area contributed by atoms with Gasteiger partial charge < -0.3 is 24.0 Å². The monoisotopic (exact) mass is 549 g/mol. The highest BCUT2D eigenvalue weighted by Gasteiger charge is 2.40. The van der Waals surface area contributed by atoms with Gasteiger partial charge in [-0.1, -0.05) is 13.0 Å². The molecule has 2 heterocycles.